The molecule has 1 fully saturated rings. The molecule has 0 saturated carbocycles. The quantitative estimate of drug-likeness (QED) is 0.783. The molecular weight excluding hydrogens is 256 g/mol. The van der Waals surface area contributed by atoms with Crippen LogP contribution in [0.4, 0.5) is 5.95 Å². The largest absolute Gasteiger partial charge is 0.478 e. The Morgan fingerprint density at radius 1 is 1.45 bits per heavy atom. The molecule has 1 aliphatic rings. The molecule has 104 valence electrons. The normalized spacial score (nSPS) is 18.4. The lowest BCUT2D eigenvalue weighted by Crippen LogP contribution is -2.23. The fourth-order valence-electron chi connectivity index (χ4n) is 2.45. The van der Waals surface area contributed by atoms with E-state index >= 15 is 0 Å². The van der Waals surface area contributed by atoms with Crippen LogP contribution in [0.1, 0.15) is 22.5 Å². The van der Waals surface area contributed by atoms with E-state index in [1.54, 1.807) is 18.2 Å². The maximum atomic E-state index is 11.0. The number of fused-ring (bicyclic) bond motifs is 1. The minimum atomic E-state index is -0.947. The number of carboxylic acids is 1. The second kappa shape index (κ2) is 5.05. The average Bonchev–Trinajstić information content (AvgIpc) is 2.91. The third kappa shape index (κ3) is 2.42. The number of hydrogen-bond acceptors (Lipinski definition) is 5. The van der Waals surface area contributed by atoms with E-state index in [1.165, 1.54) is 0 Å². The van der Waals surface area contributed by atoms with Crippen molar-refractivity contribution in [3.63, 3.8) is 0 Å². The molecule has 0 radical (unpaired) electrons. The number of rotatable bonds is 3. The SMILES string of the molecule is Cc1nc(NC2CCNC2)nc2cc(C(=O)O)ccc12. The molecule has 1 atom stereocenters. The number of aromatic nitrogens is 2. The van der Waals surface area contributed by atoms with Crippen LogP contribution >= 0.6 is 0 Å². The molecule has 1 unspecified atom stereocenters. The number of carboxylic acid groups (broad SMARTS) is 1. The molecule has 0 aliphatic carbocycles. The molecule has 0 amide bonds. The summed E-state index contributed by atoms with van der Waals surface area (Å²) < 4.78 is 0. The first-order valence-corrected chi connectivity index (χ1v) is 6.62. The molecule has 1 aromatic heterocycles. The van der Waals surface area contributed by atoms with Gasteiger partial charge in [0.05, 0.1) is 16.8 Å². The Hall–Kier alpha value is -2.21. The van der Waals surface area contributed by atoms with Gasteiger partial charge in [-0.05, 0) is 32.0 Å². The summed E-state index contributed by atoms with van der Waals surface area (Å²) in [5, 5.41) is 16.5. The molecule has 0 bridgehead atoms. The Bertz CT molecular complexity index is 666. The fraction of sp³-hybridized carbons (Fsp3) is 0.357. The van der Waals surface area contributed by atoms with Crippen molar-refractivity contribution < 1.29 is 9.90 Å². The van der Waals surface area contributed by atoms with Crippen LogP contribution in [-0.4, -0.2) is 40.2 Å². The van der Waals surface area contributed by atoms with Gasteiger partial charge in [-0.25, -0.2) is 14.8 Å². The number of benzene rings is 1. The first-order valence-electron chi connectivity index (χ1n) is 6.62. The van der Waals surface area contributed by atoms with E-state index < -0.39 is 5.97 Å². The smallest absolute Gasteiger partial charge is 0.335 e. The van der Waals surface area contributed by atoms with Crippen molar-refractivity contribution >= 4 is 22.8 Å². The zero-order chi connectivity index (χ0) is 14.1. The number of aromatic carboxylic acids is 1. The van der Waals surface area contributed by atoms with Crippen molar-refractivity contribution in [3.05, 3.63) is 29.5 Å². The maximum Gasteiger partial charge on any atom is 0.335 e. The van der Waals surface area contributed by atoms with Gasteiger partial charge >= 0.3 is 5.97 Å². The van der Waals surface area contributed by atoms with Gasteiger partial charge in [-0.3, -0.25) is 0 Å². The molecule has 1 saturated heterocycles. The second-order valence-corrected chi connectivity index (χ2v) is 5.00. The third-order valence-electron chi connectivity index (χ3n) is 3.53. The summed E-state index contributed by atoms with van der Waals surface area (Å²) in [4.78, 5) is 19.9. The highest BCUT2D eigenvalue weighted by molar-refractivity contribution is 5.93. The van der Waals surface area contributed by atoms with E-state index in [1.807, 2.05) is 6.92 Å². The summed E-state index contributed by atoms with van der Waals surface area (Å²) in [7, 11) is 0. The molecular formula is C14H16N4O2. The van der Waals surface area contributed by atoms with Gasteiger partial charge in [0.2, 0.25) is 5.95 Å². The van der Waals surface area contributed by atoms with E-state index in [0.717, 1.165) is 30.6 Å². The average molecular weight is 272 g/mol. The Kier molecular flexibility index (Phi) is 3.23. The van der Waals surface area contributed by atoms with Crippen molar-refractivity contribution in [3.8, 4) is 0 Å². The minimum Gasteiger partial charge on any atom is -0.478 e. The third-order valence-corrected chi connectivity index (χ3v) is 3.53. The Balaban J connectivity index is 1.99. The lowest BCUT2D eigenvalue weighted by Gasteiger charge is -2.12. The number of carbonyl (C=O) groups is 1. The van der Waals surface area contributed by atoms with Crippen molar-refractivity contribution in [1.82, 2.24) is 15.3 Å². The van der Waals surface area contributed by atoms with Crippen LogP contribution in [0.15, 0.2) is 18.2 Å². The van der Waals surface area contributed by atoms with Gasteiger partial charge < -0.3 is 15.7 Å². The Morgan fingerprint density at radius 2 is 2.30 bits per heavy atom. The summed E-state index contributed by atoms with van der Waals surface area (Å²) in [6.45, 7) is 3.80. The van der Waals surface area contributed by atoms with Crippen molar-refractivity contribution in [1.29, 1.82) is 0 Å². The maximum absolute atomic E-state index is 11.0. The van der Waals surface area contributed by atoms with Gasteiger partial charge in [0, 0.05) is 18.0 Å². The van der Waals surface area contributed by atoms with Crippen LogP contribution in [0.2, 0.25) is 0 Å². The van der Waals surface area contributed by atoms with Crippen LogP contribution in [0.3, 0.4) is 0 Å². The molecule has 6 heteroatoms. The molecule has 3 rings (SSSR count). The summed E-state index contributed by atoms with van der Waals surface area (Å²) in [6.07, 6.45) is 1.04. The Morgan fingerprint density at radius 3 is 3.00 bits per heavy atom. The molecule has 1 aliphatic heterocycles. The lowest BCUT2D eigenvalue weighted by atomic mass is 10.1. The van der Waals surface area contributed by atoms with Crippen LogP contribution in [0.5, 0.6) is 0 Å². The van der Waals surface area contributed by atoms with E-state index in [9.17, 15) is 4.79 Å². The van der Waals surface area contributed by atoms with Crippen LogP contribution in [-0.2, 0) is 0 Å². The molecule has 6 nitrogen and oxygen atoms in total. The van der Waals surface area contributed by atoms with Gasteiger partial charge in [-0.1, -0.05) is 6.07 Å². The molecule has 1 aromatic carbocycles. The van der Waals surface area contributed by atoms with E-state index in [2.05, 4.69) is 20.6 Å². The number of nitrogens with zero attached hydrogens (tertiary/aromatic N) is 2. The van der Waals surface area contributed by atoms with Gasteiger partial charge in [-0.2, -0.15) is 0 Å². The van der Waals surface area contributed by atoms with Crippen LogP contribution in [0, 0.1) is 6.92 Å². The van der Waals surface area contributed by atoms with Gasteiger partial charge in [0.1, 0.15) is 0 Å². The predicted molar refractivity (Wildman–Crippen MR) is 76.1 cm³/mol. The monoisotopic (exact) mass is 272 g/mol. The van der Waals surface area contributed by atoms with Gasteiger partial charge in [0.25, 0.3) is 0 Å². The predicted octanol–water partition coefficient (Wildman–Crippen LogP) is 1.41. The van der Waals surface area contributed by atoms with Crippen molar-refractivity contribution in [2.24, 2.45) is 0 Å². The molecule has 2 aromatic rings. The number of nitrogens with one attached hydrogen (secondary N) is 2. The zero-order valence-corrected chi connectivity index (χ0v) is 11.2. The zero-order valence-electron chi connectivity index (χ0n) is 11.2. The van der Waals surface area contributed by atoms with Gasteiger partial charge in [-0.15, -0.1) is 0 Å². The van der Waals surface area contributed by atoms with Crippen molar-refractivity contribution in [2.75, 3.05) is 18.4 Å². The van der Waals surface area contributed by atoms with Crippen LogP contribution < -0.4 is 10.6 Å². The second-order valence-electron chi connectivity index (χ2n) is 5.00. The topological polar surface area (TPSA) is 87.1 Å². The molecule has 2 heterocycles. The summed E-state index contributed by atoms with van der Waals surface area (Å²) in [5.41, 5.74) is 1.75. The highest BCUT2D eigenvalue weighted by Crippen LogP contribution is 2.19. The minimum absolute atomic E-state index is 0.240. The fourth-order valence-corrected chi connectivity index (χ4v) is 2.45. The van der Waals surface area contributed by atoms with E-state index in [4.69, 9.17) is 5.11 Å². The summed E-state index contributed by atoms with van der Waals surface area (Å²) >= 11 is 0. The standard InChI is InChI=1S/C14H16N4O2/c1-8-11-3-2-9(13(19)20)6-12(11)18-14(16-8)17-10-4-5-15-7-10/h2-3,6,10,15H,4-5,7H2,1H3,(H,19,20)(H,16,17,18). The first-order chi connectivity index (χ1) is 9.63. The number of aryl methyl sites for hydroxylation is 1. The highest BCUT2D eigenvalue weighted by atomic mass is 16.4. The molecule has 0 spiro atoms. The van der Waals surface area contributed by atoms with Crippen LogP contribution in [0.25, 0.3) is 10.9 Å². The molecule has 3 N–H and O–H groups in total. The lowest BCUT2D eigenvalue weighted by molar-refractivity contribution is 0.0697. The van der Waals surface area contributed by atoms with Crippen molar-refractivity contribution in [2.45, 2.75) is 19.4 Å². The number of hydrogen-bond donors (Lipinski definition) is 3. The summed E-state index contributed by atoms with van der Waals surface area (Å²) in [5.74, 6) is -0.385. The highest BCUT2D eigenvalue weighted by Gasteiger charge is 2.16. The Labute approximate surface area is 116 Å². The first kappa shape index (κ1) is 12.8. The van der Waals surface area contributed by atoms with Gasteiger partial charge in [0.15, 0.2) is 0 Å². The molecule has 20 heavy (non-hydrogen) atoms. The van der Waals surface area contributed by atoms with E-state index in [-0.39, 0.29) is 5.56 Å². The summed E-state index contributed by atoms with van der Waals surface area (Å²) in [6, 6.07) is 5.25. The number of anilines is 1. The van der Waals surface area contributed by atoms with E-state index in [0.29, 0.717) is 17.5 Å².